The van der Waals surface area contributed by atoms with E-state index < -0.39 is 0 Å². The van der Waals surface area contributed by atoms with Crippen LogP contribution in [0.1, 0.15) is 43.1 Å². The lowest BCUT2D eigenvalue weighted by Crippen LogP contribution is -2.48. The largest absolute Gasteiger partial charge is 0.496 e. The van der Waals surface area contributed by atoms with E-state index in [-0.39, 0.29) is 11.3 Å². The van der Waals surface area contributed by atoms with Gasteiger partial charge in [0.2, 0.25) is 0 Å². The van der Waals surface area contributed by atoms with Gasteiger partial charge in [-0.2, -0.15) is 0 Å². The second kappa shape index (κ2) is 3.86. The van der Waals surface area contributed by atoms with Crippen LogP contribution in [0.4, 0.5) is 5.69 Å². The van der Waals surface area contributed by atoms with E-state index in [1.165, 1.54) is 5.57 Å². The number of carbonyl (C=O) groups is 1. The van der Waals surface area contributed by atoms with Crippen LogP contribution >= 0.6 is 0 Å². The molecule has 19 heavy (non-hydrogen) atoms. The number of rotatable bonds is 1. The molecule has 0 aromatic heterocycles. The Kier molecular flexibility index (Phi) is 2.49. The Morgan fingerprint density at radius 2 is 2.05 bits per heavy atom. The van der Waals surface area contributed by atoms with Crippen LogP contribution in [-0.4, -0.2) is 25.0 Å². The molecule has 2 heterocycles. The van der Waals surface area contributed by atoms with Crippen molar-refractivity contribution in [2.24, 2.45) is 0 Å². The zero-order valence-electron chi connectivity index (χ0n) is 11.9. The number of nitrogens with zero attached hydrogens (tertiary/aromatic N) is 1. The molecule has 1 aromatic carbocycles. The van der Waals surface area contributed by atoms with E-state index in [1.54, 1.807) is 7.11 Å². The quantitative estimate of drug-likeness (QED) is 0.773. The standard InChI is InChI=1S/C16H19NO2/c1-10-9-16(2,3)17-8-7-12(18)14-13(19-4)6-5-11(10)15(14)17/h5-6,9H,7-8H2,1-4H3. The summed E-state index contributed by atoms with van der Waals surface area (Å²) in [5.74, 6) is 0.884. The highest BCUT2D eigenvalue weighted by Crippen LogP contribution is 2.46. The molecule has 3 nitrogen and oxygen atoms in total. The maximum absolute atomic E-state index is 12.3. The van der Waals surface area contributed by atoms with Crippen LogP contribution in [0.2, 0.25) is 0 Å². The Hall–Kier alpha value is -1.77. The van der Waals surface area contributed by atoms with Gasteiger partial charge in [0.25, 0.3) is 0 Å². The smallest absolute Gasteiger partial charge is 0.170 e. The van der Waals surface area contributed by atoms with E-state index in [1.807, 2.05) is 6.07 Å². The molecular formula is C16H19NO2. The van der Waals surface area contributed by atoms with E-state index >= 15 is 0 Å². The zero-order chi connectivity index (χ0) is 13.8. The van der Waals surface area contributed by atoms with Crippen molar-refractivity contribution in [3.8, 4) is 5.75 Å². The number of methoxy groups -OCH3 is 1. The van der Waals surface area contributed by atoms with Crippen molar-refractivity contribution in [3.05, 3.63) is 29.3 Å². The molecule has 0 aliphatic carbocycles. The zero-order valence-corrected chi connectivity index (χ0v) is 11.9. The summed E-state index contributed by atoms with van der Waals surface area (Å²) in [4.78, 5) is 14.6. The molecule has 0 fully saturated rings. The average Bonchev–Trinajstić information content (AvgIpc) is 2.35. The molecule has 0 atom stereocenters. The molecule has 0 bridgehead atoms. The Labute approximate surface area is 113 Å². The molecule has 3 rings (SSSR count). The topological polar surface area (TPSA) is 29.5 Å². The molecule has 0 saturated heterocycles. The summed E-state index contributed by atoms with van der Waals surface area (Å²) in [6.07, 6.45) is 2.84. The van der Waals surface area contributed by atoms with Crippen molar-refractivity contribution in [3.63, 3.8) is 0 Å². The molecule has 0 radical (unpaired) electrons. The van der Waals surface area contributed by atoms with Crippen LogP contribution in [-0.2, 0) is 0 Å². The van der Waals surface area contributed by atoms with Gasteiger partial charge in [-0.15, -0.1) is 0 Å². The highest BCUT2D eigenvalue weighted by atomic mass is 16.5. The maximum Gasteiger partial charge on any atom is 0.170 e. The number of allylic oxidation sites excluding steroid dienone is 1. The van der Waals surface area contributed by atoms with Crippen molar-refractivity contribution in [1.82, 2.24) is 0 Å². The lowest BCUT2D eigenvalue weighted by atomic mass is 9.83. The number of anilines is 1. The van der Waals surface area contributed by atoms with E-state index in [0.29, 0.717) is 12.2 Å². The first-order valence-corrected chi connectivity index (χ1v) is 6.67. The maximum atomic E-state index is 12.3. The molecule has 0 saturated carbocycles. The SMILES string of the molecule is COc1ccc2c3c1C(=O)CCN3C(C)(C)C=C2C. The minimum atomic E-state index is -0.0566. The van der Waals surface area contributed by atoms with Crippen molar-refractivity contribution in [1.29, 1.82) is 0 Å². The van der Waals surface area contributed by atoms with Crippen LogP contribution in [0.3, 0.4) is 0 Å². The van der Waals surface area contributed by atoms with Crippen molar-refractivity contribution >= 4 is 17.0 Å². The number of Topliss-reactive ketones (excluding diaryl/α,β-unsaturated/α-hetero) is 1. The Morgan fingerprint density at radius 1 is 1.32 bits per heavy atom. The molecule has 100 valence electrons. The Balaban J connectivity index is 2.35. The summed E-state index contributed by atoms with van der Waals surface area (Å²) < 4.78 is 5.39. The number of benzene rings is 1. The van der Waals surface area contributed by atoms with Gasteiger partial charge in [0.05, 0.1) is 23.9 Å². The highest BCUT2D eigenvalue weighted by molar-refractivity contribution is 6.09. The number of hydrogen-bond acceptors (Lipinski definition) is 3. The summed E-state index contributed by atoms with van der Waals surface area (Å²) in [6, 6.07) is 3.97. The molecule has 0 N–H and O–H groups in total. The highest BCUT2D eigenvalue weighted by Gasteiger charge is 2.38. The first kappa shape index (κ1) is 12.3. The van der Waals surface area contributed by atoms with E-state index in [2.05, 4.69) is 37.8 Å². The number of hydrogen-bond donors (Lipinski definition) is 0. The number of ether oxygens (including phenoxy) is 1. The number of carbonyl (C=O) groups excluding carboxylic acids is 1. The second-order valence-electron chi connectivity index (χ2n) is 5.84. The molecule has 2 aliphatic heterocycles. The average molecular weight is 257 g/mol. The van der Waals surface area contributed by atoms with Crippen LogP contribution in [0.25, 0.3) is 5.57 Å². The third-order valence-electron chi connectivity index (χ3n) is 4.16. The van der Waals surface area contributed by atoms with Gasteiger partial charge in [0.1, 0.15) is 5.75 Å². The first-order valence-electron chi connectivity index (χ1n) is 6.67. The lowest BCUT2D eigenvalue weighted by molar-refractivity contribution is 0.0975. The van der Waals surface area contributed by atoms with Crippen LogP contribution in [0.5, 0.6) is 5.75 Å². The summed E-state index contributed by atoms with van der Waals surface area (Å²) in [5, 5.41) is 0. The molecule has 2 aliphatic rings. The normalized spacial score (nSPS) is 19.9. The first-order chi connectivity index (χ1) is 8.95. The fraction of sp³-hybridized carbons (Fsp3) is 0.438. The van der Waals surface area contributed by atoms with Crippen LogP contribution in [0.15, 0.2) is 18.2 Å². The van der Waals surface area contributed by atoms with Gasteiger partial charge >= 0.3 is 0 Å². The van der Waals surface area contributed by atoms with Crippen LogP contribution < -0.4 is 9.64 Å². The summed E-state index contributed by atoms with van der Waals surface area (Å²) in [7, 11) is 1.63. The van der Waals surface area contributed by atoms with Gasteiger partial charge in [-0.3, -0.25) is 4.79 Å². The van der Waals surface area contributed by atoms with Crippen molar-refractivity contribution in [2.45, 2.75) is 32.7 Å². The fourth-order valence-electron chi connectivity index (χ4n) is 3.32. The summed E-state index contributed by atoms with van der Waals surface area (Å²) >= 11 is 0. The third kappa shape index (κ3) is 1.61. The summed E-state index contributed by atoms with van der Waals surface area (Å²) in [5.41, 5.74) is 4.14. The monoisotopic (exact) mass is 257 g/mol. The molecular weight excluding hydrogens is 238 g/mol. The van der Waals surface area contributed by atoms with Gasteiger partial charge in [-0.25, -0.2) is 0 Å². The predicted octanol–water partition coefficient (Wildman–Crippen LogP) is 3.28. The number of ketones is 1. The van der Waals surface area contributed by atoms with Gasteiger partial charge in [-0.1, -0.05) is 6.08 Å². The van der Waals surface area contributed by atoms with Crippen LogP contribution in [0, 0.1) is 0 Å². The van der Waals surface area contributed by atoms with Crippen molar-refractivity contribution < 1.29 is 9.53 Å². The molecule has 1 aromatic rings. The molecule has 0 spiro atoms. The van der Waals surface area contributed by atoms with Gasteiger partial charge in [0.15, 0.2) is 5.78 Å². The Morgan fingerprint density at radius 3 is 2.74 bits per heavy atom. The van der Waals surface area contributed by atoms with Crippen molar-refractivity contribution in [2.75, 3.05) is 18.6 Å². The van der Waals surface area contributed by atoms with Gasteiger partial charge in [0, 0.05) is 18.5 Å². The molecule has 0 unspecified atom stereocenters. The second-order valence-corrected chi connectivity index (χ2v) is 5.84. The predicted molar refractivity (Wildman–Crippen MR) is 77.0 cm³/mol. The van der Waals surface area contributed by atoms with E-state index in [9.17, 15) is 4.79 Å². The van der Waals surface area contributed by atoms with E-state index in [4.69, 9.17) is 4.74 Å². The fourth-order valence-corrected chi connectivity index (χ4v) is 3.32. The molecule has 3 heteroatoms. The minimum Gasteiger partial charge on any atom is -0.496 e. The summed E-state index contributed by atoms with van der Waals surface area (Å²) in [6.45, 7) is 7.28. The molecule has 0 amide bonds. The van der Waals surface area contributed by atoms with Gasteiger partial charge < -0.3 is 9.64 Å². The van der Waals surface area contributed by atoms with E-state index in [0.717, 1.165) is 23.4 Å². The lowest BCUT2D eigenvalue weighted by Gasteiger charge is -2.46. The Bertz CT molecular complexity index is 599. The third-order valence-corrected chi connectivity index (χ3v) is 4.16. The minimum absolute atomic E-state index is 0.0566. The van der Waals surface area contributed by atoms with Gasteiger partial charge in [-0.05, 0) is 38.5 Å².